The number of aromatic carboxylic acids is 1. The van der Waals surface area contributed by atoms with Gasteiger partial charge in [0.05, 0.1) is 23.3 Å². The van der Waals surface area contributed by atoms with Crippen LogP contribution in [0.2, 0.25) is 20.1 Å². The summed E-state index contributed by atoms with van der Waals surface area (Å²) in [6.45, 7) is 6.58. The molecule has 2 aliphatic heterocycles. The quantitative estimate of drug-likeness (QED) is 0.0636. The molecule has 1 amide bonds. The lowest BCUT2D eigenvalue weighted by molar-refractivity contribution is -0.192. The SMILES string of the molecule is NC1CCN(CCCOc2ccc(Cl)c(F)c2)C1.O=C(NC1CCN(CCCOc2ccc(Cl)c(F)c2)C1)c1cc2cc(Cl)ccc2o1.O=C(O)C(F)(F)F.O=C(O)c1cc2cc(Cl)ccc2o1. The van der Waals surface area contributed by atoms with E-state index in [-0.39, 0.29) is 33.5 Å². The average molecular weight is 1030 g/mol. The Bertz CT molecular complexity index is 2650. The topological polar surface area (TPSA) is 181 Å². The minimum absolute atomic E-state index is 0.0700. The van der Waals surface area contributed by atoms with Crippen molar-refractivity contribution in [2.24, 2.45) is 5.73 Å². The summed E-state index contributed by atoms with van der Waals surface area (Å²) in [6, 6.07) is 22.7. The van der Waals surface area contributed by atoms with E-state index in [0.29, 0.717) is 57.4 Å². The molecule has 2 aliphatic rings. The van der Waals surface area contributed by atoms with Crippen LogP contribution in [0.1, 0.15) is 46.8 Å². The number of amides is 1. The van der Waals surface area contributed by atoms with Gasteiger partial charge in [-0.3, -0.25) is 4.79 Å². The summed E-state index contributed by atoms with van der Waals surface area (Å²) >= 11 is 23.0. The van der Waals surface area contributed by atoms with Gasteiger partial charge < -0.3 is 49.4 Å². The Morgan fingerprint density at radius 3 is 1.62 bits per heavy atom. The van der Waals surface area contributed by atoms with Crippen LogP contribution in [-0.2, 0) is 4.79 Å². The molecular weight excluding hydrogens is 989 g/mol. The Morgan fingerprint density at radius 1 is 0.691 bits per heavy atom. The molecule has 0 aliphatic carbocycles. The highest BCUT2D eigenvalue weighted by Crippen LogP contribution is 2.26. The van der Waals surface area contributed by atoms with Crippen molar-refractivity contribution in [2.75, 3.05) is 52.5 Å². The number of rotatable bonds is 13. The maximum atomic E-state index is 13.4. The molecule has 4 heterocycles. The van der Waals surface area contributed by atoms with Gasteiger partial charge in [-0.1, -0.05) is 46.4 Å². The number of benzene rings is 4. The van der Waals surface area contributed by atoms with Crippen molar-refractivity contribution in [3.05, 3.63) is 128 Å². The van der Waals surface area contributed by atoms with Gasteiger partial charge in [0.25, 0.3) is 5.91 Å². The van der Waals surface area contributed by atoms with Crippen molar-refractivity contribution < 1.29 is 64.9 Å². The molecule has 22 heteroatoms. The molecule has 366 valence electrons. The second kappa shape index (κ2) is 25.3. The van der Waals surface area contributed by atoms with Crippen LogP contribution >= 0.6 is 46.4 Å². The smallest absolute Gasteiger partial charge is 0.490 e. The average Bonchev–Trinajstić information content (AvgIpc) is 4.11. The third kappa shape index (κ3) is 17.0. The molecule has 2 unspecified atom stereocenters. The number of carboxylic acid groups (broad SMARTS) is 2. The number of halogens is 9. The minimum Gasteiger partial charge on any atom is -0.493 e. The number of hydrogen-bond acceptors (Lipinski definition) is 10. The van der Waals surface area contributed by atoms with E-state index in [2.05, 4.69) is 15.1 Å². The summed E-state index contributed by atoms with van der Waals surface area (Å²) < 4.78 is 80.0. The van der Waals surface area contributed by atoms with Crippen molar-refractivity contribution in [2.45, 2.75) is 43.9 Å². The second-order valence-corrected chi connectivity index (χ2v) is 17.0. The van der Waals surface area contributed by atoms with Gasteiger partial charge in [0.2, 0.25) is 5.76 Å². The molecule has 2 fully saturated rings. The van der Waals surface area contributed by atoms with E-state index in [4.69, 9.17) is 85.5 Å². The zero-order valence-electron chi connectivity index (χ0n) is 35.8. The molecular formula is C46H45Cl4F5N4O9. The first-order valence-electron chi connectivity index (χ1n) is 20.8. The fourth-order valence-corrected chi connectivity index (χ4v) is 7.41. The van der Waals surface area contributed by atoms with Gasteiger partial charge in [0, 0.05) is 77.8 Å². The standard InChI is InChI=1S/C22H21Cl2FN2O3.C13H18ClFN2O.C9H5ClO3.C2HF3O2/c23-15-2-5-20-14(10-15)11-21(30-20)22(28)26-16-6-8-27(13-16)7-1-9-29-17-3-4-18(24)19(25)12-17;14-12-3-2-11(8-13(12)15)18-7-1-5-17-6-4-10(16)9-17;10-6-1-2-7-5(3-6)4-8(13-7)9(11)12;3-2(4,5)1(6)7/h2-5,10-12,16H,1,6-9,13H2,(H,26,28);2-3,8,10H,1,4-7,9,16H2;1-4H,(H,11,12);(H,6,7). The Morgan fingerprint density at radius 2 is 1.16 bits per heavy atom. The van der Waals surface area contributed by atoms with Crippen molar-refractivity contribution in [1.82, 2.24) is 15.1 Å². The molecule has 0 radical (unpaired) electrons. The van der Waals surface area contributed by atoms with Crippen LogP contribution in [0.4, 0.5) is 22.0 Å². The first-order chi connectivity index (χ1) is 32.2. The molecule has 4 aromatic carbocycles. The van der Waals surface area contributed by atoms with E-state index in [9.17, 15) is 31.5 Å². The first-order valence-corrected chi connectivity index (χ1v) is 22.3. The first kappa shape index (κ1) is 53.6. The third-order valence-electron chi connectivity index (χ3n) is 10.1. The van der Waals surface area contributed by atoms with Gasteiger partial charge in [-0.05, 0) is 105 Å². The number of nitrogens with one attached hydrogen (secondary N) is 1. The molecule has 13 nitrogen and oxygen atoms in total. The zero-order valence-corrected chi connectivity index (χ0v) is 38.9. The number of alkyl halides is 3. The molecule has 2 atom stereocenters. The Balaban J connectivity index is 0.000000192. The molecule has 8 rings (SSSR count). The van der Waals surface area contributed by atoms with Gasteiger partial charge in [-0.25, -0.2) is 18.4 Å². The predicted molar refractivity (Wildman–Crippen MR) is 247 cm³/mol. The highest BCUT2D eigenvalue weighted by molar-refractivity contribution is 6.32. The third-order valence-corrected chi connectivity index (χ3v) is 11.2. The molecule has 6 aromatic rings. The van der Waals surface area contributed by atoms with Gasteiger partial charge in [0.15, 0.2) is 5.76 Å². The summed E-state index contributed by atoms with van der Waals surface area (Å²) in [6.07, 6.45) is -1.42. The number of ether oxygens (including phenoxy) is 2. The van der Waals surface area contributed by atoms with E-state index in [1.54, 1.807) is 54.6 Å². The summed E-state index contributed by atoms with van der Waals surface area (Å²) in [4.78, 5) is 36.5. The molecule has 2 aromatic heterocycles. The number of hydrogen-bond donors (Lipinski definition) is 4. The van der Waals surface area contributed by atoms with Crippen molar-refractivity contribution in [1.29, 1.82) is 0 Å². The molecule has 5 N–H and O–H groups in total. The van der Waals surface area contributed by atoms with Crippen LogP contribution in [0.25, 0.3) is 21.9 Å². The van der Waals surface area contributed by atoms with Gasteiger partial charge in [-0.15, -0.1) is 0 Å². The number of furan rings is 2. The van der Waals surface area contributed by atoms with E-state index in [1.807, 2.05) is 0 Å². The summed E-state index contributed by atoms with van der Waals surface area (Å²) in [7, 11) is 0. The molecule has 68 heavy (non-hydrogen) atoms. The lowest BCUT2D eigenvalue weighted by Crippen LogP contribution is -2.37. The van der Waals surface area contributed by atoms with Crippen LogP contribution in [0, 0.1) is 11.6 Å². The lowest BCUT2D eigenvalue weighted by atomic mass is 10.2. The zero-order chi connectivity index (χ0) is 49.5. The van der Waals surface area contributed by atoms with Crippen molar-refractivity contribution >= 4 is 86.2 Å². The number of aliphatic carboxylic acids is 1. The Kier molecular flexibility index (Phi) is 20.0. The lowest BCUT2D eigenvalue weighted by Gasteiger charge is -2.16. The second-order valence-electron chi connectivity index (χ2n) is 15.4. The van der Waals surface area contributed by atoms with Gasteiger partial charge in [-0.2, -0.15) is 13.2 Å². The van der Waals surface area contributed by atoms with Crippen LogP contribution < -0.4 is 20.5 Å². The number of fused-ring (bicyclic) bond motifs is 2. The van der Waals surface area contributed by atoms with E-state index < -0.39 is 29.7 Å². The number of nitrogens with two attached hydrogens (primary N) is 1. The van der Waals surface area contributed by atoms with Crippen LogP contribution in [0.5, 0.6) is 11.5 Å². The highest BCUT2D eigenvalue weighted by atomic mass is 35.5. The van der Waals surface area contributed by atoms with Crippen molar-refractivity contribution in [3.8, 4) is 11.5 Å². The summed E-state index contributed by atoms with van der Waals surface area (Å²) in [5.41, 5.74) is 6.99. The minimum atomic E-state index is -5.08. The number of carbonyl (C=O) groups excluding carboxylic acids is 1. The fourth-order valence-electron chi connectivity index (χ4n) is 6.81. The molecule has 0 bridgehead atoms. The van der Waals surface area contributed by atoms with E-state index in [0.717, 1.165) is 70.3 Å². The van der Waals surface area contributed by atoms with E-state index in [1.165, 1.54) is 30.3 Å². The molecule has 2 saturated heterocycles. The largest absolute Gasteiger partial charge is 0.493 e. The number of carboxylic acids is 2. The number of likely N-dealkylation sites (tertiary alicyclic amines) is 2. The normalized spacial score (nSPS) is 16.0. The number of carbonyl (C=O) groups is 3. The summed E-state index contributed by atoms with van der Waals surface area (Å²) in [5.74, 6) is -3.78. The Hall–Kier alpha value is -5.34. The van der Waals surface area contributed by atoms with Crippen molar-refractivity contribution in [3.63, 3.8) is 0 Å². The Labute approximate surface area is 406 Å². The predicted octanol–water partition coefficient (Wildman–Crippen LogP) is 10.9. The monoisotopic (exact) mass is 1030 g/mol. The highest BCUT2D eigenvalue weighted by Gasteiger charge is 2.38. The maximum Gasteiger partial charge on any atom is 0.490 e. The maximum absolute atomic E-state index is 13.4. The van der Waals surface area contributed by atoms with Crippen LogP contribution in [0.3, 0.4) is 0 Å². The molecule has 0 saturated carbocycles. The van der Waals surface area contributed by atoms with Crippen LogP contribution in [-0.4, -0.2) is 109 Å². The molecule has 0 spiro atoms. The summed E-state index contributed by atoms with van der Waals surface area (Å²) in [5, 5.41) is 21.7. The van der Waals surface area contributed by atoms with Crippen LogP contribution in [0.15, 0.2) is 93.8 Å². The van der Waals surface area contributed by atoms with E-state index >= 15 is 0 Å². The fraction of sp³-hybridized carbons (Fsp3) is 0.326. The van der Waals surface area contributed by atoms with Gasteiger partial charge >= 0.3 is 18.1 Å². The van der Waals surface area contributed by atoms with Gasteiger partial charge in [0.1, 0.15) is 34.3 Å². The number of nitrogens with zero attached hydrogens (tertiary/aromatic N) is 2.